The molecule has 6 nitrogen and oxygen atoms in total. The molecule has 0 atom stereocenters. The summed E-state index contributed by atoms with van der Waals surface area (Å²) >= 11 is 0. The summed E-state index contributed by atoms with van der Waals surface area (Å²) in [4.78, 5) is 20.4. The average molecular weight is 475 g/mol. The molecule has 5 aromatic rings. The van der Waals surface area contributed by atoms with Gasteiger partial charge in [0.05, 0.1) is 17.2 Å². The molecule has 0 bridgehead atoms. The number of benzene rings is 2. The van der Waals surface area contributed by atoms with Crippen LogP contribution < -0.4 is 11.3 Å². The Labute approximate surface area is 196 Å². The molecule has 9 heteroatoms. The second-order valence-corrected chi connectivity index (χ2v) is 10.1. The van der Waals surface area contributed by atoms with Gasteiger partial charge >= 0.3 is 0 Å². The van der Waals surface area contributed by atoms with Gasteiger partial charge in [0.15, 0.2) is 0 Å². The Morgan fingerprint density at radius 1 is 1.06 bits per heavy atom. The third-order valence-corrected chi connectivity index (χ3v) is 7.84. The van der Waals surface area contributed by atoms with E-state index in [1.165, 1.54) is 12.3 Å². The van der Waals surface area contributed by atoms with Gasteiger partial charge in [-0.15, -0.1) is 0 Å². The van der Waals surface area contributed by atoms with E-state index in [-0.39, 0.29) is 35.4 Å². The van der Waals surface area contributed by atoms with E-state index in [4.69, 9.17) is 5.73 Å². The van der Waals surface area contributed by atoms with Crippen molar-refractivity contribution in [3.05, 3.63) is 64.5 Å². The maximum absolute atomic E-state index is 14.4. The molecule has 0 amide bonds. The van der Waals surface area contributed by atoms with Crippen LogP contribution in [0.5, 0.6) is 0 Å². The molecular weight excluding hydrogens is 455 g/mol. The molecule has 2 aromatic carbocycles. The number of nitrogens with zero attached hydrogens (tertiary/aromatic N) is 2. The van der Waals surface area contributed by atoms with E-state index in [1.54, 1.807) is 18.3 Å². The van der Waals surface area contributed by atoms with Crippen LogP contribution in [0.4, 0.5) is 18.9 Å². The van der Waals surface area contributed by atoms with Crippen molar-refractivity contribution in [3.8, 4) is 11.1 Å². The topological polar surface area (TPSA) is 100 Å². The van der Waals surface area contributed by atoms with Gasteiger partial charge in [0.25, 0.3) is 5.56 Å². The van der Waals surface area contributed by atoms with Gasteiger partial charge in [0.1, 0.15) is 17.0 Å². The molecule has 35 heavy (non-hydrogen) atoms. The van der Waals surface area contributed by atoms with Gasteiger partial charge in [0, 0.05) is 40.8 Å². The summed E-state index contributed by atoms with van der Waals surface area (Å²) in [5, 5.41) is 8.61. The van der Waals surface area contributed by atoms with Crippen LogP contribution in [0.25, 0.3) is 43.8 Å². The molecule has 0 saturated heterocycles. The third kappa shape index (κ3) is 2.81. The zero-order chi connectivity index (χ0) is 24.1. The lowest BCUT2D eigenvalue weighted by Gasteiger charge is -2.57. The van der Waals surface area contributed by atoms with Gasteiger partial charge in [0.2, 0.25) is 5.92 Å². The van der Waals surface area contributed by atoms with Crippen molar-refractivity contribution < 1.29 is 13.2 Å². The molecule has 2 fully saturated rings. The molecule has 0 unspecified atom stereocenters. The minimum absolute atomic E-state index is 0.0181. The summed E-state index contributed by atoms with van der Waals surface area (Å²) in [6.45, 7) is 0. The molecule has 3 heterocycles. The van der Waals surface area contributed by atoms with Crippen molar-refractivity contribution >= 4 is 38.4 Å². The number of halogens is 3. The van der Waals surface area contributed by atoms with Crippen LogP contribution in [-0.4, -0.2) is 26.1 Å². The standard InChI is InChI=1S/C26H20F3N5O/c27-18-4-3-13(17-9-32-34-23(17)18)19-16-6-15(12-7-25(8-12)10-26(28,29)11-25)21-14(2-1-5-31-21)22(16)33-24(35)20(19)30/h1-6,9,12H,7-8,10-11,30H2,(H,32,34)(H,33,35). The Bertz CT molecular complexity index is 1740. The Hall–Kier alpha value is -3.88. The lowest BCUT2D eigenvalue weighted by atomic mass is 9.49. The van der Waals surface area contributed by atoms with Gasteiger partial charge in [-0.3, -0.25) is 14.9 Å². The van der Waals surface area contributed by atoms with Gasteiger partial charge in [-0.1, -0.05) is 6.07 Å². The third-order valence-electron chi connectivity index (χ3n) is 7.84. The molecule has 2 saturated carbocycles. The molecule has 2 aliphatic carbocycles. The average Bonchev–Trinajstić information content (AvgIpc) is 3.28. The number of rotatable bonds is 2. The predicted octanol–water partition coefficient (Wildman–Crippen LogP) is 5.63. The maximum atomic E-state index is 14.4. The molecule has 0 aliphatic heterocycles. The zero-order valence-corrected chi connectivity index (χ0v) is 18.5. The molecule has 3 aromatic heterocycles. The number of aromatic nitrogens is 4. The number of hydrogen-bond acceptors (Lipinski definition) is 4. The minimum atomic E-state index is -2.56. The van der Waals surface area contributed by atoms with Crippen LogP contribution in [0.1, 0.15) is 37.2 Å². The van der Waals surface area contributed by atoms with Gasteiger partial charge < -0.3 is 10.7 Å². The number of pyridine rings is 2. The summed E-state index contributed by atoms with van der Waals surface area (Å²) in [6, 6.07) is 8.56. The van der Waals surface area contributed by atoms with Crippen molar-refractivity contribution in [1.82, 2.24) is 20.2 Å². The number of nitrogens with one attached hydrogen (secondary N) is 2. The lowest BCUT2D eigenvalue weighted by molar-refractivity contribution is -0.196. The number of fused-ring (bicyclic) bond motifs is 4. The number of nitrogen functional groups attached to an aromatic ring is 1. The normalized spacial score (nSPS) is 18.8. The molecule has 2 aliphatic rings. The molecule has 176 valence electrons. The monoisotopic (exact) mass is 475 g/mol. The molecular formula is C26H20F3N5O. The summed E-state index contributed by atoms with van der Waals surface area (Å²) in [5.74, 6) is -2.94. The number of alkyl halides is 2. The Morgan fingerprint density at radius 2 is 1.86 bits per heavy atom. The van der Waals surface area contributed by atoms with E-state index in [9.17, 15) is 18.0 Å². The zero-order valence-electron chi connectivity index (χ0n) is 18.5. The predicted molar refractivity (Wildman–Crippen MR) is 128 cm³/mol. The number of aromatic amines is 2. The Kier molecular flexibility index (Phi) is 3.87. The first-order valence-corrected chi connectivity index (χ1v) is 11.5. The van der Waals surface area contributed by atoms with Crippen molar-refractivity contribution in [3.63, 3.8) is 0 Å². The highest BCUT2D eigenvalue weighted by molar-refractivity contribution is 6.15. The van der Waals surface area contributed by atoms with E-state index in [0.717, 1.165) is 16.5 Å². The molecule has 7 rings (SSSR count). The number of H-pyrrole nitrogens is 2. The van der Waals surface area contributed by atoms with Crippen LogP contribution in [-0.2, 0) is 0 Å². The number of hydrogen-bond donors (Lipinski definition) is 3. The Morgan fingerprint density at radius 3 is 2.63 bits per heavy atom. The second kappa shape index (κ2) is 6.62. The van der Waals surface area contributed by atoms with Crippen LogP contribution in [0, 0.1) is 11.2 Å². The van der Waals surface area contributed by atoms with Crippen molar-refractivity contribution in [1.29, 1.82) is 0 Å². The van der Waals surface area contributed by atoms with E-state index >= 15 is 0 Å². The van der Waals surface area contributed by atoms with Crippen LogP contribution in [0.3, 0.4) is 0 Å². The largest absolute Gasteiger partial charge is 0.394 e. The first-order valence-electron chi connectivity index (χ1n) is 11.5. The highest BCUT2D eigenvalue weighted by Crippen LogP contribution is 2.67. The van der Waals surface area contributed by atoms with E-state index in [0.29, 0.717) is 40.3 Å². The van der Waals surface area contributed by atoms with Crippen LogP contribution in [0.15, 0.2) is 47.5 Å². The second-order valence-electron chi connectivity index (χ2n) is 10.1. The molecule has 1 spiro atoms. The SMILES string of the molecule is Nc1c(-c2ccc(F)c3[nH]ncc23)c2cc(C3CC4(C3)CC(F)(F)C4)c3ncccc3c2[nH]c1=O. The number of nitrogens with two attached hydrogens (primary N) is 1. The highest BCUT2D eigenvalue weighted by Gasteiger charge is 2.62. The number of anilines is 1. The van der Waals surface area contributed by atoms with Gasteiger partial charge in [-0.25, -0.2) is 13.2 Å². The highest BCUT2D eigenvalue weighted by atomic mass is 19.3. The summed E-state index contributed by atoms with van der Waals surface area (Å²) in [6.07, 6.45) is 4.43. The fraction of sp³-hybridized carbons (Fsp3) is 0.269. The molecule has 4 N–H and O–H groups in total. The summed E-state index contributed by atoms with van der Waals surface area (Å²) < 4.78 is 41.6. The van der Waals surface area contributed by atoms with Gasteiger partial charge in [-0.05, 0) is 59.6 Å². The fourth-order valence-electron chi connectivity index (χ4n) is 6.41. The first-order chi connectivity index (χ1) is 16.8. The molecule has 0 radical (unpaired) electrons. The van der Waals surface area contributed by atoms with E-state index in [1.807, 2.05) is 12.1 Å². The summed E-state index contributed by atoms with van der Waals surface area (Å²) in [5.41, 5.74) is 9.18. The minimum Gasteiger partial charge on any atom is -0.394 e. The van der Waals surface area contributed by atoms with Crippen LogP contribution >= 0.6 is 0 Å². The summed E-state index contributed by atoms with van der Waals surface area (Å²) in [7, 11) is 0. The quantitative estimate of drug-likeness (QED) is 0.288. The fourth-order valence-corrected chi connectivity index (χ4v) is 6.41. The van der Waals surface area contributed by atoms with E-state index in [2.05, 4.69) is 20.2 Å². The first kappa shape index (κ1) is 20.5. The van der Waals surface area contributed by atoms with Crippen molar-refractivity contribution in [2.24, 2.45) is 5.41 Å². The maximum Gasteiger partial charge on any atom is 0.272 e. The van der Waals surface area contributed by atoms with E-state index < -0.39 is 17.3 Å². The van der Waals surface area contributed by atoms with Gasteiger partial charge in [-0.2, -0.15) is 5.10 Å². The lowest BCUT2D eigenvalue weighted by Crippen LogP contribution is -2.52. The Balaban J connectivity index is 1.50. The smallest absolute Gasteiger partial charge is 0.272 e. The van der Waals surface area contributed by atoms with Crippen molar-refractivity contribution in [2.75, 3.05) is 5.73 Å². The van der Waals surface area contributed by atoms with Crippen LogP contribution in [0.2, 0.25) is 0 Å². The van der Waals surface area contributed by atoms with Crippen molar-refractivity contribution in [2.45, 2.75) is 37.5 Å².